The van der Waals surface area contributed by atoms with Crippen LogP contribution < -0.4 is 0 Å². The Bertz CT molecular complexity index is 667. The summed E-state index contributed by atoms with van der Waals surface area (Å²) in [7, 11) is 4.90. The van der Waals surface area contributed by atoms with Gasteiger partial charge in [0.2, 0.25) is 5.91 Å². The molecule has 1 saturated heterocycles. The average Bonchev–Trinajstić information content (AvgIpc) is 3.38. The van der Waals surface area contributed by atoms with Gasteiger partial charge in [-0.2, -0.15) is 0 Å². The highest BCUT2D eigenvalue weighted by Crippen LogP contribution is 2.37. The lowest BCUT2D eigenvalue weighted by molar-refractivity contribution is -0.143. The van der Waals surface area contributed by atoms with Crippen molar-refractivity contribution in [1.29, 1.82) is 0 Å². The van der Waals surface area contributed by atoms with E-state index in [-0.39, 0.29) is 5.91 Å². The topological polar surface area (TPSA) is 51.2 Å². The lowest BCUT2D eigenvalue weighted by atomic mass is 10.0. The van der Waals surface area contributed by atoms with Crippen molar-refractivity contribution >= 4 is 5.91 Å². The molecule has 2 atom stereocenters. The summed E-state index contributed by atoms with van der Waals surface area (Å²) in [6.07, 6.45) is 6.31. The van der Waals surface area contributed by atoms with E-state index in [2.05, 4.69) is 29.2 Å². The summed E-state index contributed by atoms with van der Waals surface area (Å²) in [6, 6.07) is 8.88. The standard InChI is InChI=1S/C25H40N2O4/c1-26(19-25(29-2)30-3)24(28)12-15-31-14-11-21-7-4-6-20(16-21)10-13-27-17-22-8-5-9-23(22)18-27/h4,6-7,16,22-23,25H,5,8-15,17-19H2,1-3H3/t22-,23+. The van der Waals surface area contributed by atoms with Crippen molar-refractivity contribution in [3.05, 3.63) is 35.4 Å². The minimum absolute atomic E-state index is 0.0344. The van der Waals surface area contributed by atoms with Crippen LogP contribution in [0.2, 0.25) is 0 Å². The van der Waals surface area contributed by atoms with Crippen LogP contribution >= 0.6 is 0 Å². The van der Waals surface area contributed by atoms with Crippen molar-refractivity contribution < 1.29 is 19.0 Å². The third kappa shape index (κ3) is 7.56. The van der Waals surface area contributed by atoms with Gasteiger partial charge in [0.15, 0.2) is 6.29 Å². The van der Waals surface area contributed by atoms with E-state index in [0.29, 0.717) is 26.2 Å². The summed E-state index contributed by atoms with van der Waals surface area (Å²) in [5.74, 6) is 1.97. The first-order valence-corrected chi connectivity index (χ1v) is 11.8. The van der Waals surface area contributed by atoms with E-state index < -0.39 is 6.29 Å². The van der Waals surface area contributed by atoms with Gasteiger partial charge in [0.25, 0.3) is 0 Å². The molecule has 0 N–H and O–H groups in total. The first kappa shape index (κ1) is 24.2. The maximum atomic E-state index is 12.2. The number of fused-ring (bicyclic) bond motifs is 1. The van der Waals surface area contributed by atoms with Crippen LogP contribution in [0.15, 0.2) is 24.3 Å². The van der Waals surface area contributed by atoms with Gasteiger partial charge in [0.05, 0.1) is 26.2 Å². The highest BCUT2D eigenvalue weighted by molar-refractivity contribution is 5.75. The largest absolute Gasteiger partial charge is 0.381 e. The van der Waals surface area contributed by atoms with Crippen molar-refractivity contribution in [2.24, 2.45) is 11.8 Å². The molecule has 1 aliphatic heterocycles. The van der Waals surface area contributed by atoms with Gasteiger partial charge < -0.3 is 24.0 Å². The number of ether oxygens (including phenoxy) is 3. The number of rotatable bonds is 13. The summed E-state index contributed by atoms with van der Waals surface area (Å²) in [5.41, 5.74) is 2.72. The zero-order valence-corrected chi connectivity index (χ0v) is 19.6. The van der Waals surface area contributed by atoms with Gasteiger partial charge in [-0.1, -0.05) is 30.7 Å². The molecule has 1 amide bonds. The summed E-state index contributed by atoms with van der Waals surface area (Å²) >= 11 is 0. The van der Waals surface area contributed by atoms with E-state index in [9.17, 15) is 4.79 Å². The van der Waals surface area contributed by atoms with E-state index in [1.54, 1.807) is 26.2 Å². The minimum Gasteiger partial charge on any atom is -0.381 e. The summed E-state index contributed by atoms with van der Waals surface area (Å²) < 4.78 is 16.0. The maximum absolute atomic E-state index is 12.2. The molecule has 6 nitrogen and oxygen atoms in total. The van der Waals surface area contributed by atoms with E-state index in [1.165, 1.54) is 50.0 Å². The Hall–Kier alpha value is -1.47. The number of benzene rings is 1. The molecule has 1 aromatic carbocycles. The van der Waals surface area contributed by atoms with Crippen LogP contribution in [0.5, 0.6) is 0 Å². The average molecular weight is 433 g/mol. The highest BCUT2D eigenvalue weighted by Gasteiger charge is 2.35. The molecular weight excluding hydrogens is 392 g/mol. The summed E-state index contributed by atoms with van der Waals surface area (Å²) in [5, 5.41) is 0. The van der Waals surface area contributed by atoms with E-state index in [0.717, 1.165) is 24.7 Å². The Balaban J connectivity index is 1.30. The van der Waals surface area contributed by atoms with Crippen LogP contribution in [0.1, 0.15) is 36.8 Å². The van der Waals surface area contributed by atoms with Gasteiger partial charge in [-0.05, 0) is 48.6 Å². The molecule has 6 heteroatoms. The first-order chi connectivity index (χ1) is 15.1. The van der Waals surface area contributed by atoms with Crippen LogP contribution in [-0.4, -0.2) is 82.7 Å². The number of likely N-dealkylation sites (N-methyl/N-ethyl adjacent to an activating group) is 1. The molecule has 1 heterocycles. The third-order valence-corrected chi connectivity index (χ3v) is 6.88. The zero-order valence-electron chi connectivity index (χ0n) is 19.6. The Labute approximate surface area is 187 Å². The lowest BCUT2D eigenvalue weighted by Crippen LogP contribution is -2.36. The fraction of sp³-hybridized carbons (Fsp3) is 0.720. The molecule has 1 aromatic rings. The number of carbonyl (C=O) groups excluding carboxylic acids is 1. The van der Waals surface area contributed by atoms with Gasteiger partial charge in [-0.25, -0.2) is 0 Å². The van der Waals surface area contributed by atoms with Crippen LogP contribution in [-0.2, 0) is 31.8 Å². The normalized spacial score (nSPS) is 21.0. The molecule has 0 radical (unpaired) electrons. The zero-order chi connectivity index (χ0) is 22.1. The molecule has 0 bridgehead atoms. The number of nitrogens with zero attached hydrogens (tertiary/aromatic N) is 2. The maximum Gasteiger partial charge on any atom is 0.224 e. The number of methoxy groups -OCH3 is 2. The quantitative estimate of drug-likeness (QED) is 0.354. The molecule has 1 saturated carbocycles. The van der Waals surface area contributed by atoms with Crippen LogP contribution in [0.25, 0.3) is 0 Å². The molecule has 0 unspecified atom stereocenters. The van der Waals surface area contributed by atoms with Crippen molar-refractivity contribution in [3.63, 3.8) is 0 Å². The van der Waals surface area contributed by atoms with Crippen LogP contribution in [0.3, 0.4) is 0 Å². The van der Waals surface area contributed by atoms with Crippen molar-refractivity contribution in [1.82, 2.24) is 9.80 Å². The van der Waals surface area contributed by atoms with E-state index in [4.69, 9.17) is 14.2 Å². The smallest absolute Gasteiger partial charge is 0.224 e. The summed E-state index contributed by atoms with van der Waals surface area (Å²) in [6.45, 7) is 5.28. The second kappa shape index (κ2) is 12.5. The third-order valence-electron chi connectivity index (χ3n) is 6.88. The summed E-state index contributed by atoms with van der Waals surface area (Å²) in [4.78, 5) is 16.5. The predicted molar refractivity (Wildman–Crippen MR) is 122 cm³/mol. The van der Waals surface area contributed by atoms with Crippen molar-refractivity contribution in [2.45, 2.75) is 44.8 Å². The minimum atomic E-state index is -0.396. The predicted octanol–water partition coefficient (Wildman–Crippen LogP) is 2.99. The lowest BCUT2D eigenvalue weighted by Gasteiger charge is -2.22. The second-order valence-corrected chi connectivity index (χ2v) is 9.07. The van der Waals surface area contributed by atoms with Crippen LogP contribution in [0, 0.1) is 11.8 Å². The molecule has 0 aromatic heterocycles. The Morgan fingerprint density at radius 3 is 2.45 bits per heavy atom. The van der Waals surface area contributed by atoms with E-state index in [1.807, 2.05) is 0 Å². The molecule has 1 aliphatic carbocycles. The fourth-order valence-electron chi connectivity index (χ4n) is 4.96. The SMILES string of the molecule is COC(CN(C)C(=O)CCOCCc1cccc(CCN2C[C@H]3CCC[C@H]3C2)c1)OC. The first-order valence-electron chi connectivity index (χ1n) is 11.8. The van der Waals surface area contributed by atoms with Gasteiger partial charge in [-0.15, -0.1) is 0 Å². The number of hydrogen-bond acceptors (Lipinski definition) is 5. The monoisotopic (exact) mass is 432 g/mol. The Kier molecular flexibility index (Phi) is 9.78. The fourth-order valence-corrected chi connectivity index (χ4v) is 4.96. The van der Waals surface area contributed by atoms with Gasteiger partial charge in [0, 0.05) is 40.9 Å². The Morgan fingerprint density at radius 2 is 1.77 bits per heavy atom. The molecular formula is C25H40N2O4. The van der Waals surface area contributed by atoms with Gasteiger partial charge in [-0.3, -0.25) is 4.79 Å². The molecule has 2 fully saturated rings. The molecule has 2 aliphatic rings. The van der Waals surface area contributed by atoms with Gasteiger partial charge >= 0.3 is 0 Å². The van der Waals surface area contributed by atoms with Crippen molar-refractivity contribution in [2.75, 3.05) is 60.7 Å². The number of hydrogen-bond donors (Lipinski definition) is 0. The Morgan fingerprint density at radius 1 is 1.10 bits per heavy atom. The highest BCUT2D eigenvalue weighted by atomic mass is 16.7. The molecule has 174 valence electrons. The molecule has 0 spiro atoms. The second-order valence-electron chi connectivity index (χ2n) is 9.07. The van der Waals surface area contributed by atoms with Gasteiger partial charge in [0.1, 0.15) is 0 Å². The van der Waals surface area contributed by atoms with Crippen molar-refractivity contribution in [3.8, 4) is 0 Å². The number of amides is 1. The number of likely N-dealkylation sites (tertiary alicyclic amines) is 1. The van der Waals surface area contributed by atoms with E-state index >= 15 is 0 Å². The van der Waals surface area contributed by atoms with Crippen LogP contribution in [0.4, 0.5) is 0 Å². The number of carbonyl (C=O) groups is 1. The molecule has 3 rings (SSSR count). The molecule has 31 heavy (non-hydrogen) atoms.